The lowest BCUT2D eigenvalue weighted by atomic mass is 9.65. The molecule has 0 unspecified atom stereocenters. The summed E-state index contributed by atoms with van der Waals surface area (Å²) < 4.78 is 5.23. The Kier molecular flexibility index (Phi) is 3.88. The standard InChI is InChI=1S/C14H24O2/c1-2-16-13(15)14(9-5-10-14)11-8-12-6-3-4-7-12/h12H,2-11H2,1H3. The van der Waals surface area contributed by atoms with E-state index in [9.17, 15) is 4.79 Å². The number of hydrogen-bond donors (Lipinski definition) is 0. The first-order chi connectivity index (χ1) is 7.77. The fourth-order valence-electron chi connectivity index (χ4n) is 3.22. The van der Waals surface area contributed by atoms with E-state index in [4.69, 9.17) is 4.74 Å². The summed E-state index contributed by atoms with van der Waals surface area (Å²) in [5, 5.41) is 0. The lowest BCUT2D eigenvalue weighted by Gasteiger charge is -2.39. The van der Waals surface area contributed by atoms with Gasteiger partial charge in [0.25, 0.3) is 0 Å². The molecular weight excluding hydrogens is 200 g/mol. The van der Waals surface area contributed by atoms with Crippen LogP contribution in [0, 0.1) is 11.3 Å². The molecule has 16 heavy (non-hydrogen) atoms. The van der Waals surface area contributed by atoms with Crippen molar-refractivity contribution in [2.45, 2.75) is 64.7 Å². The Labute approximate surface area is 98.7 Å². The molecule has 2 fully saturated rings. The van der Waals surface area contributed by atoms with Crippen LogP contribution in [0.2, 0.25) is 0 Å². The van der Waals surface area contributed by atoms with Gasteiger partial charge < -0.3 is 4.74 Å². The average molecular weight is 224 g/mol. The van der Waals surface area contributed by atoms with E-state index in [1.165, 1.54) is 38.5 Å². The predicted molar refractivity (Wildman–Crippen MR) is 64.1 cm³/mol. The molecule has 0 atom stereocenters. The summed E-state index contributed by atoms with van der Waals surface area (Å²) in [4.78, 5) is 11.9. The molecule has 0 amide bonds. The van der Waals surface area contributed by atoms with Gasteiger partial charge in [-0.2, -0.15) is 0 Å². The van der Waals surface area contributed by atoms with E-state index in [2.05, 4.69) is 0 Å². The van der Waals surface area contributed by atoms with Crippen LogP contribution in [0.5, 0.6) is 0 Å². The van der Waals surface area contributed by atoms with Gasteiger partial charge in [0.15, 0.2) is 0 Å². The average Bonchev–Trinajstić information content (AvgIpc) is 2.69. The Bertz CT molecular complexity index is 237. The molecule has 0 heterocycles. The molecule has 2 saturated carbocycles. The van der Waals surface area contributed by atoms with E-state index in [1.807, 2.05) is 6.92 Å². The quantitative estimate of drug-likeness (QED) is 0.666. The molecule has 0 saturated heterocycles. The molecule has 2 rings (SSSR count). The molecule has 2 aliphatic carbocycles. The second-order valence-corrected chi connectivity index (χ2v) is 5.54. The topological polar surface area (TPSA) is 26.3 Å². The van der Waals surface area contributed by atoms with Crippen LogP contribution >= 0.6 is 0 Å². The van der Waals surface area contributed by atoms with Crippen molar-refractivity contribution >= 4 is 5.97 Å². The number of esters is 1. The molecule has 92 valence electrons. The predicted octanol–water partition coefficient (Wildman–Crippen LogP) is 3.69. The van der Waals surface area contributed by atoms with Crippen LogP contribution in [-0.2, 0) is 9.53 Å². The summed E-state index contributed by atoms with van der Waals surface area (Å²) in [5.74, 6) is 0.978. The minimum Gasteiger partial charge on any atom is -0.466 e. The lowest BCUT2D eigenvalue weighted by Crippen LogP contribution is -2.39. The van der Waals surface area contributed by atoms with Gasteiger partial charge in [-0.05, 0) is 38.5 Å². The number of hydrogen-bond acceptors (Lipinski definition) is 2. The highest BCUT2D eigenvalue weighted by Crippen LogP contribution is 2.47. The van der Waals surface area contributed by atoms with Gasteiger partial charge in [0.1, 0.15) is 0 Å². The van der Waals surface area contributed by atoms with Crippen molar-refractivity contribution < 1.29 is 9.53 Å². The third-order valence-electron chi connectivity index (χ3n) is 4.52. The molecule has 0 N–H and O–H groups in total. The number of carbonyl (C=O) groups excluding carboxylic acids is 1. The summed E-state index contributed by atoms with van der Waals surface area (Å²) in [7, 11) is 0. The molecule has 0 aromatic heterocycles. The summed E-state index contributed by atoms with van der Waals surface area (Å²) in [6, 6.07) is 0. The third kappa shape index (κ3) is 2.41. The molecule has 0 aromatic carbocycles. The van der Waals surface area contributed by atoms with Crippen molar-refractivity contribution in [2.24, 2.45) is 11.3 Å². The van der Waals surface area contributed by atoms with Crippen LogP contribution in [0.25, 0.3) is 0 Å². The van der Waals surface area contributed by atoms with Crippen molar-refractivity contribution in [3.05, 3.63) is 0 Å². The van der Waals surface area contributed by atoms with E-state index in [0.717, 1.165) is 25.2 Å². The molecule has 2 aliphatic rings. The fraction of sp³-hybridized carbons (Fsp3) is 0.929. The van der Waals surface area contributed by atoms with Crippen LogP contribution in [0.3, 0.4) is 0 Å². The second-order valence-electron chi connectivity index (χ2n) is 5.54. The number of ether oxygens (including phenoxy) is 1. The summed E-state index contributed by atoms with van der Waals surface area (Å²) in [6.45, 7) is 2.44. The first-order valence-electron chi connectivity index (χ1n) is 6.94. The van der Waals surface area contributed by atoms with Crippen molar-refractivity contribution in [2.75, 3.05) is 6.61 Å². The van der Waals surface area contributed by atoms with E-state index in [-0.39, 0.29) is 11.4 Å². The molecule has 2 nitrogen and oxygen atoms in total. The molecule has 2 heteroatoms. The first-order valence-corrected chi connectivity index (χ1v) is 6.94. The van der Waals surface area contributed by atoms with Crippen LogP contribution < -0.4 is 0 Å². The maximum Gasteiger partial charge on any atom is 0.312 e. The normalized spacial score (nSPS) is 24.1. The Balaban J connectivity index is 1.81. The van der Waals surface area contributed by atoms with E-state index in [1.54, 1.807) is 0 Å². The second kappa shape index (κ2) is 5.20. The zero-order chi connectivity index (χ0) is 11.4. The van der Waals surface area contributed by atoms with E-state index >= 15 is 0 Å². The summed E-state index contributed by atoms with van der Waals surface area (Å²) >= 11 is 0. The Morgan fingerprint density at radius 3 is 2.44 bits per heavy atom. The lowest BCUT2D eigenvalue weighted by molar-refractivity contribution is -0.162. The zero-order valence-corrected chi connectivity index (χ0v) is 10.5. The van der Waals surface area contributed by atoms with Gasteiger partial charge in [-0.15, -0.1) is 0 Å². The van der Waals surface area contributed by atoms with E-state index in [0.29, 0.717) is 6.61 Å². The summed E-state index contributed by atoms with van der Waals surface area (Å²) in [5.41, 5.74) is -0.0708. The maximum atomic E-state index is 11.9. The van der Waals surface area contributed by atoms with Gasteiger partial charge in [0.05, 0.1) is 12.0 Å². The molecule has 0 spiro atoms. The Hall–Kier alpha value is -0.530. The minimum atomic E-state index is -0.0708. The highest BCUT2D eigenvalue weighted by Gasteiger charge is 2.45. The third-order valence-corrected chi connectivity index (χ3v) is 4.52. The number of rotatable bonds is 5. The molecule has 0 aromatic rings. The minimum absolute atomic E-state index is 0.0708. The Morgan fingerprint density at radius 1 is 1.25 bits per heavy atom. The maximum absolute atomic E-state index is 11.9. The number of carbonyl (C=O) groups is 1. The SMILES string of the molecule is CCOC(=O)C1(CCC2CCCC2)CCC1. The van der Waals surface area contributed by atoms with Crippen molar-refractivity contribution in [1.82, 2.24) is 0 Å². The largest absolute Gasteiger partial charge is 0.466 e. The highest BCUT2D eigenvalue weighted by atomic mass is 16.5. The van der Waals surface area contributed by atoms with Gasteiger partial charge in [-0.3, -0.25) is 4.79 Å². The monoisotopic (exact) mass is 224 g/mol. The van der Waals surface area contributed by atoms with Gasteiger partial charge in [0, 0.05) is 0 Å². The van der Waals surface area contributed by atoms with Gasteiger partial charge in [-0.25, -0.2) is 0 Å². The van der Waals surface area contributed by atoms with Crippen molar-refractivity contribution in [1.29, 1.82) is 0 Å². The first kappa shape index (κ1) is 11.9. The smallest absolute Gasteiger partial charge is 0.312 e. The van der Waals surface area contributed by atoms with Gasteiger partial charge >= 0.3 is 5.97 Å². The Morgan fingerprint density at radius 2 is 1.94 bits per heavy atom. The zero-order valence-electron chi connectivity index (χ0n) is 10.5. The van der Waals surface area contributed by atoms with Crippen LogP contribution in [0.1, 0.15) is 64.7 Å². The van der Waals surface area contributed by atoms with Crippen LogP contribution in [0.4, 0.5) is 0 Å². The van der Waals surface area contributed by atoms with Crippen LogP contribution in [0.15, 0.2) is 0 Å². The molecule has 0 bridgehead atoms. The molecule has 0 radical (unpaired) electrons. The van der Waals surface area contributed by atoms with Crippen molar-refractivity contribution in [3.8, 4) is 0 Å². The fourth-order valence-corrected chi connectivity index (χ4v) is 3.22. The molecular formula is C14H24O2. The molecule has 0 aliphatic heterocycles. The van der Waals surface area contributed by atoms with E-state index < -0.39 is 0 Å². The van der Waals surface area contributed by atoms with Crippen molar-refractivity contribution in [3.63, 3.8) is 0 Å². The van der Waals surface area contributed by atoms with Gasteiger partial charge in [-0.1, -0.05) is 32.1 Å². The van der Waals surface area contributed by atoms with Gasteiger partial charge in [0.2, 0.25) is 0 Å². The summed E-state index contributed by atoms with van der Waals surface area (Å²) in [6.07, 6.45) is 11.3. The van der Waals surface area contributed by atoms with Crippen LogP contribution in [-0.4, -0.2) is 12.6 Å². The highest BCUT2D eigenvalue weighted by molar-refractivity contribution is 5.77.